The van der Waals surface area contributed by atoms with Crippen molar-refractivity contribution in [3.63, 3.8) is 0 Å². The fourth-order valence-corrected chi connectivity index (χ4v) is 11.4. The minimum absolute atomic E-state index is 0.0125. The van der Waals surface area contributed by atoms with Gasteiger partial charge in [0.25, 0.3) is 0 Å². The Kier molecular flexibility index (Phi) is 8.08. The average Bonchev–Trinajstić information content (AvgIpc) is 3.20. The highest BCUT2D eigenvalue weighted by atomic mass is 79.9. The van der Waals surface area contributed by atoms with Crippen LogP contribution in [0.15, 0.2) is 27.6 Å². The Labute approximate surface area is 241 Å². The molecule has 0 radical (unpaired) electrons. The van der Waals surface area contributed by atoms with Crippen LogP contribution in [0.3, 0.4) is 0 Å². The lowest BCUT2D eigenvalue weighted by molar-refractivity contribution is -0.174. The van der Waals surface area contributed by atoms with E-state index in [0.717, 1.165) is 51.4 Å². The Hall–Kier alpha value is -1.00. The van der Waals surface area contributed by atoms with Crippen molar-refractivity contribution >= 4 is 37.5 Å². The van der Waals surface area contributed by atoms with E-state index in [2.05, 4.69) is 42.0 Å². The molecule has 0 bridgehead atoms. The third-order valence-electron chi connectivity index (χ3n) is 11.8. The number of nitrogens with one attached hydrogen (secondary N) is 1. The van der Waals surface area contributed by atoms with Crippen molar-refractivity contribution in [1.29, 1.82) is 0 Å². The molecule has 5 N–H and O–H groups in total. The van der Waals surface area contributed by atoms with E-state index in [1.165, 1.54) is 12.5 Å². The molecule has 4 aliphatic carbocycles. The number of amides is 1. The number of carbonyl (C=O) groups excluding carboxylic acids is 1. The number of hydrogen-bond donors (Lipinski definition) is 4. The Morgan fingerprint density at radius 1 is 1.10 bits per heavy atom. The van der Waals surface area contributed by atoms with Crippen LogP contribution in [0.5, 0.6) is 0 Å². The third-order valence-corrected chi connectivity index (χ3v) is 13.7. The van der Waals surface area contributed by atoms with Crippen LogP contribution in [0.25, 0.3) is 0 Å². The van der Waals surface area contributed by atoms with Crippen LogP contribution in [0.4, 0.5) is 5.69 Å². The number of hydrogen-bond acceptors (Lipinski definition) is 5. The van der Waals surface area contributed by atoms with Crippen molar-refractivity contribution < 1.29 is 23.4 Å². The second-order valence-corrected chi connectivity index (χ2v) is 16.1. The van der Waals surface area contributed by atoms with Crippen molar-refractivity contribution in [2.45, 2.75) is 102 Å². The maximum absolute atomic E-state index is 12.8. The second-order valence-electron chi connectivity index (χ2n) is 13.7. The number of primary sulfonamides is 1. The Balaban J connectivity index is 1.22. The zero-order chi connectivity index (χ0) is 28.3. The van der Waals surface area contributed by atoms with Gasteiger partial charge in [-0.15, -0.1) is 0 Å². The monoisotopic (exact) mass is 624 g/mol. The number of aliphatic hydroxyl groups excluding tert-OH is 2. The summed E-state index contributed by atoms with van der Waals surface area (Å²) < 4.78 is 23.6. The predicted octanol–water partition coefficient (Wildman–Crippen LogP) is 5.44. The van der Waals surface area contributed by atoms with E-state index in [-0.39, 0.29) is 33.8 Å². The molecule has 0 aromatic heterocycles. The predicted molar refractivity (Wildman–Crippen MR) is 155 cm³/mol. The number of halogens is 1. The molecule has 0 spiro atoms. The molecule has 0 unspecified atom stereocenters. The van der Waals surface area contributed by atoms with Gasteiger partial charge >= 0.3 is 0 Å². The van der Waals surface area contributed by atoms with Gasteiger partial charge in [-0.3, -0.25) is 4.79 Å². The molecule has 0 aliphatic heterocycles. The van der Waals surface area contributed by atoms with Gasteiger partial charge in [0.1, 0.15) is 0 Å². The molecule has 10 atom stereocenters. The summed E-state index contributed by atoms with van der Waals surface area (Å²) in [5.74, 6) is 2.68. The summed E-state index contributed by atoms with van der Waals surface area (Å²) in [5, 5.41) is 29.9. The maximum Gasteiger partial charge on any atom is 0.239 e. The zero-order valence-corrected chi connectivity index (χ0v) is 25.8. The van der Waals surface area contributed by atoms with Crippen molar-refractivity contribution in [2.24, 2.45) is 51.5 Å². The van der Waals surface area contributed by atoms with Gasteiger partial charge in [0.15, 0.2) is 0 Å². The van der Waals surface area contributed by atoms with Crippen LogP contribution >= 0.6 is 15.9 Å². The van der Waals surface area contributed by atoms with Crippen LogP contribution in [0, 0.1) is 46.3 Å². The number of benzene rings is 1. The molecule has 0 heterocycles. The number of anilines is 1. The van der Waals surface area contributed by atoms with Gasteiger partial charge in [-0.25, -0.2) is 13.6 Å². The summed E-state index contributed by atoms with van der Waals surface area (Å²) in [6, 6.07) is 4.52. The molecule has 5 rings (SSSR count). The van der Waals surface area contributed by atoms with Gasteiger partial charge in [-0.1, -0.05) is 20.8 Å². The first-order valence-electron chi connectivity index (χ1n) is 14.7. The van der Waals surface area contributed by atoms with E-state index < -0.39 is 10.0 Å². The van der Waals surface area contributed by atoms with E-state index in [0.29, 0.717) is 52.1 Å². The molecule has 218 valence electrons. The smallest absolute Gasteiger partial charge is 0.239 e. The Bertz CT molecular complexity index is 1210. The van der Waals surface area contributed by atoms with Crippen LogP contribution in [0.2, 0.25) is 0 Å². The molecule has 4 fully saturated rings. The first-order chi connectivity index (χ1) is 18.2. The molecule has 4 saturated carbocycles. The topological polar surface area (TPSA) is 130 Å². The van der Waals surface area contributed by atoms with E-state index in [1.807, 2.05) is 0 Å². The normalized spacial score (nSPS) is 40.7. The van der Waals surface area contributed by atoms with Gasteiger partial charge in [-0.05, 0) is 138 Å². The number of nitrogens with two attached hydrogens (primary N) is 1. The quantitative estimate of drug-likeness (QED) is 0.335. The highest BCUT2D eigenvalue weighted by Gasteiger charge is 2.62. The lowest BCUT2D eigenvalue weighted by Crippen LogP contribution is -2.58. The number of rotatable bonds is 6. The number of sulfonamides is 1. The number of fused-ring (bicyclic) bond motifs is 5. The van der Waals surface area contributed by atoms with Gasteiger partial charge in [-0.2, -0.15) is 0 Å². The van der Waals surface area contributed by atoms with Gasteiger partial charge < -0.3 is 15.5 Å². The van der Waals surface area contributed by atoms with Crippen LogP contribution in [-0.4, -0.2) is 36.7 Å². The van der Waals surface area contributed by atoms with E-state index in [9.17, 15) is 23.4 Å². The number of carbonyl (C=O) groups is 1. The first-order valence-corrected chi connectivity index (χ1v) is 17.1. The number of aliphatic hydroxyl groups is 2. The summed E-state index contributed by atoms with van der Waals surface area (Å²) >= 11 is 3.23. The van der Waals surface area contributed by atoms with Crippen LogP contribution in [0.1, 0.15) is 85.0 Å². The van der Waals surface area contributed by atoms with Crippen molar-refractivity contribution in [2.75, 3.05) is 5.32 Å². The molecule has 39 heavy (non-hydrogen) atoms. The molecule has 9 heteroatoms. The lowest BCUT2D eigenvalue weighted by atomic mass is 9.43. The third kappa shape index (κ3) is 5.36. The van der Waals surface area contributed by atoms with Gasteiger partial charge in [0.05, 0.1) is 17.1 Å². The van der Waals surface area contributed by atoms with Gasteiger partial charge in [0.2, 0.25) is 15.9 Å². The SMILES string of the molecule is C[C@H](CCC(=O)Nc1ccc(S(N)(=O)=O)c(Br)c1)[C@H]1CC[C@H]2[C@@H]3[C@H](O)C[C@@H]4C[C@H](O)CC[C@]4(C)[C@H]3CC[C@]12C. The molecule has 0 saturated heterocycles. The van der Waals surface area contributed by atoms with E-state index in [1.54, 1.807) is 12.1 Å². The van der Waals surface area contributed by atoms with Gasteiger partial charge in [0, 0.05) is 16.6 Å². The molecule has 1 amide bonds. The van der Waals surface area contributed by atoms with Crippen molar-refractivity contribution in [3.8, 4) is 0 Å². The molecular formula is C30H45BrN2O5S. The summed E-state index contributed by atoms with van der Waals surface area (Å²) in [4.78, 5) is 12.8. The first kappa shape index (κ1) is 29.5. The minimum Gasteiger partial charge on any atom is -0.393 e. The summed E-state index contributed by atoms with van der Waals surface area (Å²) in [7, 11) is -3.83. The van der Waals surface area contributed by atoms with Crippen LogP contribution in [-0.2, 0) is 14.8 Å². The maximum atomic E-state index is 12.8. The van der Waals surface area contributed by atoms with Crippen molar-refractivity contribution in [1.82, 2.24) is 0 Å². The van der Waals surface area contributed by atoms with E-state index in [4.69, 9.17) is 5.14 Å². The lowest BCUT2D eigenvalue weighted by Gasteiger charge is -2.62. The fourth-order valence-electron chi connectivity index (χ4n) is 9.77. The largest absolute Gasteiger partial charge is 0.393 e. The minimum atomic E-state index is -3.83. The van der Waals surface area contributed by atoms with Crippen molar-refractivity contribution in [3.05, 3.63) is 22.7 Å². The molecular weight excluding hydrogens is 580 g/mol. The molecule has 4 aliphatic rings. The highest BCUT2D eigenvalue weighted by molar-refractivity contribution is 9.10. The summed E-state index contributed by atoms with van der Waals surface area (Å²) in [6.45, 7) is 7.19. The molecule has 1 aromatic rings. The fraction of sp³-hybridized carbons (Fsp3) is 0.767. The summed E-state index contributed by atoms with van der Waals surface area (Å²) in [5.41, 5.74) is 0.948. The Morgan fingerprint density at radius 3 is 2.49 bits per heavy atom. The Morgan fingerprint density at radius 2 is 1.79 bits per heavy atom. The van der Waals surface area contributed by atoms with E-state index >= 15 is 0 Å². The summed E-state index contributed by atoms with van der Waals surface area (Å²) in [6.07, 6.45) is 9.00. The zero-order valence-electron chi connectivity index (χ0n) is 23.4. The average molecular weight is 626 g/mol. The van der Waals surface area contributed by atoms with Crippen LogP contribution < -0.4 is 10.5 Å². The molecule has 7 nitrogen and oxygen atoms in total. The second kappa shape index (κ2) is 10.7. The standard InChI is InChI=1S/C30H45BrN2O5S/c1-17(4-9-27(36)33-19-5-8-26(24(31)16-19)39(32,37)38)21-6-7-22-28-23(11-13-30(21,22)3)29(2)12-10-20(34)14-18(29)15-25(28)35/h5,8,16-18,20-23,25,28,34-35H,4,6-7,9-15H2,1-3H3,(H,33,36)(H2,32,37,38)/t17-,18+,20-,21-,22+,23+,25-,28+,29+,30-/m1/s1. The molecule has 1 aromatic carbocycles. The highest BCUT2D eigenvalue weighted by Crippen LogP contribution is 2.68.